The third kappa shape index (κ3) is 1.41. The van der Waals surface area contributed by atoms with Crippen molar-refractivity contribution in [1.29, 1.82) is 0 Å². The van der Waals surface area contributed by atoms with Gasteiger partial charge >= 0.3 is 0 Å². The van der Waals surface area contributed by atoms with E-state index in [-0.39, 0.29) is 11.3 Å². The third-order valence-electron chi connectivity index (χ3n) is 2.74. The normalized spacial score (nSPS) is 30.3. The van der Waals surface area contributed by atoms with Crippen molar-refractivity contribution in [3.63, 3.8) is 0 Å². The van der Waals surface area contributed by atoms with Crippen LogP contribution in [0.4, 0.5) is 0 Å². The van der Waals surface area contributed by atoms with Gasteiger partial charge in [0, 0.05) is 10.9 Å². The molecule has 0 amide bonds. The summed E-state index contributed by atoms with van der Waals surface area (Å²) < 4.78 is 12.0. The number of benzene rings is 1. The van der Waals surface area contributed by atoms with Crippen molar-refractivity contribution in [2.75, 3.05) is 0 Å². The van der Waals surface area contributed by atoms with Crippen LogP contribution >= 0.6 is 0 Å². The number of rotatable bonds is 2. The van der Waals surface area contributed by atoms with E-state index < -0.39 is 10.8 Å². The summed E-state index contributed by atoms with van der Waals surface area (Å²) in [5.41, 5.74) is 7.15. The standard InChI is InChI=1S/C11H15NOS/c1-2-5-10-11(12)8-6-3-4-7-9(8)14(10)13/h3-4,6-7,10-11H,2,5,12H2,1H3. The lowest BCUT2D eigenvalue weighted by Crippen LogP contribution is -2.23. The first kappa shape index (κ1) is 9.87. The molecule has 76 valence electrons. The Morgan fingerprint density at radius 3 is 2.79 bits per heavy atom. The molecule has 0 spiro atoms. The van der Waals surface area contributed by atoms with Gasteiger partial charge in [0.05, 0.1) is 16.0 Å². The first-order chi connectivity index (χ1) is 6.75. The van der Waals surface area contributed by atoms with E-state index >= 15 is 0 Å². The molecule has 0 aromatic heterocycles. The van der Waals surface area contributed by atoms with Crippen molar-refractivity contribution in [1.82, 2.24) is 0 Å². The van der Waals surface area contributed by atoms with Gasteiger partial charge in [-0.1, -0.05) is 31.5 Å². The minimum Gasteiger partial charge on any atom is -0.323 e. The number of nitrogens with two attached hydrogens (primary N) is 1. The van der Waals surface area contributed by atoms with E-state index in [1.807, 2.05) is 24.3 Å². The molecule has 1 aromatic carbocycles. The first-order valence-corrected chi connectivity index (χ1v) is 6.22. The van der Waals surface area contributed by atoms with Crippen LogP contribution in [0.15, 0.2) is 29.2 Å². The van der Waals surface area contributed by atoms with Crippen molar-refractivity contribution in [3.8, 4) is 0 Å². The maximum atomic E-state index is 12.0. The highest BCUT2D eigenvalue weighted by molar-refractivity contribution is 7.86. The Morgan fingerprint density at radius 1 is 1.43 bits per heavy atom. The lowest BCUT2D eigenvalue weighted by molar-refractivity contribution is 0.606. The second kappa shape index (κ2) is 3.83. The highest BCUT2D eigenvalue weighted by atomic mass is 32.2. The van der Waals surface area contributed by atoms with Gasteiger partial charge in [-0.2, -0.15) is 0 Å². The molecule has 2 N–H and O–H groups in total. The quantitative estimate of drug-likeness (QED) is 0.809. The molecule has 0 fully saturated rings. The van der Waals surface area contributed by atoms with Crippen LogP contribution in [-0.2, 0) is 10.8 Å². The zero-order chi connectivity index (χ0) is 10.1. The summed E-state index contributed by atoms with van der Waals surface area (Å²) >= 11 is 0. The molecule has 1 aliphatic rings. The van der Waals surface area contributed by atoms with E-state index in [0.29, 0.717) is 0 Å². The van der Waals surface area contributed by atoms with Crippen LogP contribution in [0.1, 0.15) is 31.4 Å². The van der Waals surface area contributed by atoms with Crippen molar-refractivity contribution in [2.45, 2.75) is 36.0 Å². The molecule has 0 radical (unpaired) electrons. The van der Waals surface area contributed by atoms with Crippen LogP contribution in [0.2, 0.25) is 0 Å². The zero-order valence-electron chi connectivity index (χ0n) is 8.27. The minimum atomic E-state index is -0.891. The summed E-state index contributed by atoms with van der Waals surface area (Å²) in [6, 6.07) is 7.78. The second-order valence-corrected chi connectivity index (χ2v) is 5.33. The van der Waals surface area contributed by atoms with Gasteiger partial charge in [0.25, 0.3) is 0 Å². The molecule has 2 rings (SSSR count). The van der Waals surface area contributed by atoms with E-state index in [9.17, 15) is 4.21 Å². The molecule has 0 bridgehead atoms. The van der Waals surface area contributed by atoms with Gasteiger partial charge in [-0.25, -0.2) is 0 Å². The molecule has 0 saturated heterocycles. The topological polar surface area (TPSA) is 43.1 Å². The molecule has 1 aromatic rings. The molecule has 14 heavy (non-hydrogen) atoms. The Balaban J connectivity index is 2.38. The van der Waals surface area contributed by atoms with Crippen LogP contribution in [0.25, 0.3) is 0 Å². The Morgan fingerprint density at radius 2 is 2.14 bits per heavy atom. The number of fused-ring (bicyclic) bond motifs is 1. The van der Waals surface area contributed by atoms with Crippen LogP contribution < -0.4 is 5.73 Å². The Kier molecular flexibility index (Phi) is 2.70. The summed E-state index contributed by atoms with van der Waals surface area (Å²) in [4.78, 5) is 0.943. The lowest BCUT2D eigenvalue weighted by atomic mass is 10.0. The fourth-order valence-corrected chi connectivity index (χ4v) is 3.84. The fourth-order valence-electron chi connectivity index (χ4n) is 2.01. The maximum absolute atomic E-state index is 12.0. The highest BCUT2D eigenvalue weighted by Crippen LogP contribution is 2.36. The average Bonchev–Trinajstić information content (AvgIpc) is 2.45. The van der Waals surface area contributed by atoms with Crippen molar-refractivity contribution in [2.24, 2.45) is 5.73 Å². The summed E-state index contributed by atoms with van der Waals surface area (Å²) in [5, 5.41) is 0.123. The smallest absolute Gasteiger partial charge is 0.0587 e. The van der Waals surface area contributed by atoms with Gasteiger partial charge < -0.3 is 5.73 Å². The molecule has 3 atom stereocenters. The van der Waals surface area contributed by atoms with Crippen molar-refractivity contribution < 1.29 is 4.21 Å². The van der Waals surface area contributed by atoms with Gasteiger partial charge in [-0.15, -0.1) is 0 Å². The molecular formula is C11H15NOS. The molecular weight excluding hydrogens is 194 g/mol. The summed E-state index contributed by atoms with van der Waals surface area (Å²) in [7, 11) is -0.891. The van der Waals surface area contributed by atoms with Crippen LogP contribution in [0.5, 0.6) is 0 Å². The Bertz CT molecular complexity index is 364. The minimum absolute atomic E-state index is 0.0352. The molecule has 3 unspecified atom stereocenters. The zero-order valence-corrected chi connectivity index (χ0v) is 9.09. The maximum Gasteiger partial charge on any atom is 0.0587 e. The van der Waals surface area contributed by atoms with Crippen LogP contribution in [0, 0.1) is 0 Å². The fraction of sp³-hybridized carbons (Fsp3) is 0.455. The van der Waals surface area contributed by atoms with E-state index in [1.54, 1.807) is 0 Å². The van der Waals surface area contributed by atoms with Crippen molar-refractivity contribution >= 4 is 10.8 Å². The molecule has 2 nitrogen and oxygen atoms in total. The van der Waals surface area contributed by atoms with Gasteiger partial charge in [0.1, 0.15) is 0 Å². The van der Waals surface area contributed by atoms with Gasteiger partial charge in [0.15, 0.2) is 0 Å². The van der Waals surface area contributed by atoms with Gasteiger partial charge in [-0.05, 0) is 18.1 Å². The largest absolute Gasteiger partial charge is 0.323 e. The molecule has 0 aliphatic carbocycles. The van der Waals surface area contributed by atoms with E-state index in [1.165, 1.54) is 0 Å². The predicted octanol–water partition coefficient (Wildman–Crippen LogP) is 1.98. The monoisotopic (exact) mass is 209 g/mol. The second-order valence-electron chi connectivity index (χ2n) is 3.69. The Hall–Kier alpha value is -0.670. The highest BCUT2D eigenvalue weighted by Gasteiger charge is 2.35. The van der Waals surface area contributed by atoms with Crippen LogP contribution in [-0.4, -0.2) is 9.46 Å². The van der Waals surface area contributed by atoms with E-state index in [4.69, 9.17) is 5.73 Å². The summed E-state index contributed by atoms with van der Waals surface area (Å²) in [6.07, 6.45) is 1.99. The van der Waals surface area contributed by atoms with Crippen LogP contribution in [0.3, 0.4) is 0 Å². The van der Waals surface area contributed by atoms with Crippen molar-refractivity contribution in [3.05, 3.63) is 29.8 Å². The summed E-state index contributed by atoms with van der Waals surface area (Å²) in [6.45, 7) is 2.10. The molecule has 1 aliphatic heterocycles. The number of hydrogen-bond acceptors (Lipinski definition) is 2. The number of hydrogen-bond donors (Lipinski definition) is 1. The SMILES string of the molecule is CCCC1C(N)c2ccccc2S1=O. The van der Waals surface area contributed by atoms with E-state index in [2.05, 4.69) is 6.92 Å². The van der Waals surface area contributed by atoms with Gasteiger partial charge in [0.2, 0.25) is 0 Å². The van der Waals surface area contributed by atoms with Gasteiger partial charge in [-0.3, -0.25) is 4.21 Å². The Labute approximate surface area is 87.0 Å². The summed E-state index contributed by atoms with van der Waals surface area (Å²) in [5.74, 6) is 0. The average molecular weight is 209 g/mol. The predicted molar refractivity (Wildman–Crippen MR) is 58.5 cm³/mol. The lowest BCUT2D eigenvalue weighted by Gasteiger charge is -2.12. The van der Waals surface area contributed by atoms with E-state index in [0.717, 1.165) is 23.3 Å². The first-order valence-electron chi connectivity index (χ1n) is 5.00. The molecule has 1 heterocycles. The molecule has 3 heteroatoms. The molecule has 0 saturated carbocycles. The third-order valence-corrected chi connectivity index (χ3v) is 4.63.